The van der Waals surface area contributed by atoms with Gasteiger partial charge in [-0.3, -0.25) is 15.4 Å². The summed E-state index contributed by atoms with van der Waals surface area (Å²) in [5, 5.41) is 11.7. The van der Waals surface area contributed by atoms with Crippen LogP contribution in [0.4, 0.5) is 10.1 Å². The number of H-pyrrole nitrogens is 1. The third kappa shape index (κ3) is 4.32. The summed E-state index contributed by atoms with van der Waals surface area (Å²) in [4.78, 5) is 19.9. The molecule has 0 amide bonds. The van der Waals surface area contributed by atoms with Crippen LogP contribution in [0.2, 0.25) is 0 Å². The number of pyridine rings is 3. The molecule has 0 aromatic carbocycles. The van der Waals surface area contributed by atoms with Gasteiger partial charge < -0.3 is 10.3 Å². The maximum absolute atomic E-state index is 15.4. The fraction of sp³-hybridized carbons (Fsp3) is 0.174. The maximum Gasteiger partial charge on any atom is 0.178 e. The Balaban J connectivity index is 1.64. The van der Waals surface area contributed by atoms with Crippen molar-refractivity contribution in [2.45, 2.75) is 26.2 Å². The molecule has 8 heteroatoms. The monoisotopic (exact) mass is 415 g/mol. The highest BCUT2D eigenvalue weighted by atomic mass is 19.1. The van der Waals surface area contributed by atoms with Crippen molar-refractivity contribution in [3.63, 3.8) is 0 Å². The van der Waals surface area contributed by atoms with Gasteiger partial charge in [-0.15, -0.1) is 0 Å². The minimum atomic E-state index is -0.607. The van der Waals surface area contributed by atoms with E-state index in [1.807, 2.05) is 0 Å². The standard InChI is InChI=1S/C23H22FN7/c1-3-4-6-14(2)29-16-11-15(12-26-13-16)21-19(24)17(8-10-27-21)20(25)23-30-18-7-5-9-28-22(18)31-23/h5,7-13,25,29H,2-4,6H2,1H3,(H,28,30,31). The second-order valence-corrected chi connectivity index (χ2v) is 7.15. The molecule has 0 saturated carbocycles. The summed E-state index contributed by atoms with van der Waals surface area (Å²) in [7, 11) is 0. The van der Waals surface area contributed by atoms with Gasteiger partial charge in [0.25, 0.3) is 0 Å². The van der Waals surface area contributed by atoms with E-state index in [9.17, 15) is 0 Å². The summed E-state index contributed by atoms with van der Waals surface area (Å²) in [6.45, 7) is 6.15. The average Bonchev–Trinajstić information content (AvgIpc) is 3.22. The van der Waals surface area contributed by atoms with Gasteiger partial charge in [0.15, 0.2) is 17.3 Å². The molecule has 0 aliphatic rings. The van der Waals surface area contributed by atoms with Gasteiger partial charge in [-0.25, -0.2) is 14.4 Å². The molecule has 0 bridgehead atoms. The molecule has 0 fully saturated rings. The first-order chi connectivity index (χ1) is 15.1. The lowest BCUT2D eigenvalue weighted by Crippen LogP contribution is -2.08. The van der Waals surface area contributed by atoms with Crippen molar-refractivity contribution in [1.29, 1.82) is 5.41 Å². The predicted octanol–water partition coefficient (Wildman–Crippen LogP) is 5.09. The van der Waals surface area contributed by atoms with Crippen LogP contribution < -0.4 is 5.32 Å². The first-order valence-electron chi connectivity index (χ1n) is 10.0. The first-order valence-corrected chi connectivity index (χ1v) is 10.0. The van der Waals surface area contributed by atoms with Crippen molar-refractivity contribution >= 4 is 22.6 Å². The number of allylic oxidation sites excluding steroid dienone is 1. The minimum absolute atomic E-state index is 0.0747. The van der Waals surface area contributed by atoms with E-state index in [2.05, 4.69) is 43.7 Å². The molecule has 0 saturated heterocycles. The zero-order chi connectivity index (χ0) is 21.8. The number of hydrogen-bond acceptors (Lipinski definition) is 6. The molecule has 0 atom stereocenters. The van der Waals surface area contributed by atoms with Crippen LogP contribution in [0.5, 0.6) is 0 Å². The van der Waals surface area contributed by atoms with Gasteiger partial charge in [0.1, 0.15) is 11.4 Å². The van der Waals surface area contributed by atoms with E-state index in [0.717, 1.165) is 25.0 Å². The Morgan fingerprint density at radius 1 is 1.23 bits per heavy atom. The van der Waals surface area contributed by atoms with Crippen LogP contribution in [-0.2, 0) is 0 Å². The van der Waals surface area contributed by atoms with E-state index in [0.29, 0.717) is 22.4 Å². The summed E-state index contributed by atoms with van der Waals surface area (Å²) in [6.07, 6.45) is 9.27. The molecular weight excluding hydrogens is 393 g/mol. The summed E-state index contributed by atoms with van der Waals surface area (Å²) in [5.74, 6) is -0.366. The molecule has 7 nitrogen and oxygen atoms in total. The molecule has 0 radical (unpaired) electrons. The number of nitrogens with one attached hydrogen (secondary N) is 3. The van der Waals surface area contributed by atoms with E-state index in [1.54, 1.807) is 36.8 Å². The fourth-order valence-corrected chi connectivity index (χ4v) is 3.22. The predicted molar refractivity (Wildman–Crippen MR) is 120 cm³/mol. The van der Waals surface area contributed by atoms with Gasteiger partial charge in [0.05, 0.1) is 17.4 Å². The molecule has 0 spiro atoms. The number of nitrogens with zero attached hydrogens (tertiary/aromatic N) is 4. The Hall–Kier alpha value is -3.94. The van der Waals surface area contributed by atoms with Crippen LogP contribution in [-0.4, -0.2) is 30.6 Å². The Bertz CT molecular complexity index is 1230. The van der Waals surface area contributed by atoms with Crippen LogP contribution in [0, 0.1) is 11.2 Å². The lowest BCUT2D eigenvalue weighted by Gasteiger charge is -2.11. The van der Waals surface area contributed by atoms with E-state index in [1.165, 1.54) is 12.3 Å². The Kier molecular flexibility index (Phi) is 5.79. The molecule has 4 aromatic heterocycles. The van der Waals surface area contributed by atoms with Gasteiger partial charge >= 0.3 is 0 Å². The number of imidazole rings is 1. The van der Waals surface area contributed by atoms with Crippen LogP contribution in [0.15, 0.2) is 61.3 Å². The zero-order valence-electron chi connectivity index (χ0n) is 17.1. The van der Waals surface area contributed by atoms with Gasteiger partial charge in [0, 0.05) is 35.4 Å². The van der Waals surface area contributed by atoms with E-state index in [-0.39, 0.29) is 22.8 Å². The Morgan fingerprint density at radius 3 is 2.90 bits per heavy atom. The molecule has 156 valence electrons. The van der Waals surface area contributed by atoms with E-state index in [4.69, 9.17) is 5.41 Å². The average molecular weight is 415 g/mol. The second-order valence-electron chi connectivity index (χ2n) is 7.15. The highest BCUT2D eigenvalue weighted by molar-refractivity contribution is 6.10. The van der Waals surface area contributed by atoms with Crippen LogP contribution in [0.25, 0.3) is 22.4 Å². The maximum atomic E-state index is 15.4. The van der Waals surface area contributed by atoms with Gasteiger partial charge in [-0.1, -0.05) is 19.9 Å². The summed E-state index contributed by atoms with van der Waals surface area (Å²) >= 11 is 0. The molecule has 4 heterocycles. The molecule has 4 rings (SSSR count). The van der Waals surface area contributed by atoms with Crippen LogP contribution in [0.1, 0.15) is 37.6 Å². The number of rotatable bonds is 8. The zero-order valence-corrected chi connectivity index (χ0v) is 17.1. The minimum Gasteiger partial charge on any atom is -0.358 e. The number of aromatic nitrogens is 5. The summed E-state index contributed by atoms with van der Waals surface area (Å²) in [6, 6.07) is 6.81. The van der Waals surface area contributed by atoms with Gasteiger partial charge in [0.2, 0.25) is 0 Å². The summed E-state index contributed by atoms with van der Waals surface area (Å²) < 4.78 is 15.4. The van der Waals surface area contributed by atoms with Crippen molar-refractivity contribution in [2.24, 2.45) is 0 Å². The fourth-order valence-electron chi connectivity index (χ4n) is 3.22. The molecular formula is C23H22FN7. The highest BCUT2D eigenvalue weighted by Crippen LogP contribution is 2.26. The normalized spacial score (nSPS) is 10.9. The highest BCUT2D eigenvalue weighted by Gasteiger charge is 2.19. The summed E-state index contributed by atoms with van der Waals surface area (Å²) in [5.41, 5.74) is 3.39. The van der Waals surface area contributed by atoms with Crippen LogP contribution >= 0.6 is 0 Å². The second kappa shape index (κ2) is 8.83. The lowest BCUT2D eigenvalue weighted by atomic mass is 10.1. The molecule has 4 aromatic rings. The third-order valence-corrected chi connectivity index (χ3v) is 4.82. The smallest absolute Gasteiger partial charge is 0.178 e. The number of fused-ring (bicyclic) bond motifs is 1. The van der Waals surface area contributed by atoms with Crippen molar-refractivity contribution in [2.75, 3.05) is 5.32 Å². The Morgan fingerprint density at radius 2 is 2.10 bits per heavy atom. The molecule has 3 N–H and O–H groups in total. The first kappa shape index (κ1) is 20.3. The third-order valence-electron chi connectivity index (χ3n) is 4.82. The quantitative estimate of drug-likeness (QED) is 0.348. The van der Waals surface area contributed by atoms with E-state index >= 15 is 4.39 Å². The van der Waals surface area contributed by atoms with Crippen molar-refractivity contribution < 1.29 is 4.39 Å². The number of halogens is 1. The molecule has 0 unspecified atom stereocenters. The van der Waals surface area contributed by atoms with E-state index < -0.39 is 5.82 Å². The van der Waals surface area contributed by atoms with Crippen molar-refractivity contribution in [3.8, 4) is 11.3 Å². The van der Waals surface area contributed by atoms with Crippen molar-refractivity contribution in [1.82, 2.24) is 24.9 Å². The molecule has 31 heavy (non-hydrogen) atoms. The topological polar surface area (TPSA) is 103 Å². The van der Waals surface area contributed by atoms with Gasteiger partial charge in [-0.2, -0.15) is 0 Å². The van der Waals surface area contributed by atoms with Crippen molar-refractivity contribution in [3.05, 3.63) is 78.5 Å². The number of aromatic amines is 1. The lowest BCUT2D eigenvalue weighted by molar-refractivity contribution is 0.623. The molecule has 0 aliphatic carbocycles. The molecule has 0 aliphatic heterocycles. The van der Waals surface area contributed by atoms with Gasteiger partial charge in [-0.05, 0) is 37.1 Å². The number of unbranched alkanes of at least 4 members (excludes halogenated alkanes) is 1. The van der Waals surface area contributed by atoms with Crippen LogP contribution in [0.3, 0.4) is 0 Å². The Labute approximate surface area is 179 Å². The number of anilines is 1. The largest absolute Gasteiger partial charge is 0.358 e. The SMILES string of the molecule is C=C(CCCC)Nc1cncc(-c2nccc(C(=N)c3nc4ncccc4[nH]3)c2F)c1. The number of hydrogen-bond donors (Lipinski definition) is 3.